The van der Waals surface area contributed by atoms with Crippen LogP contribution in [-0.4, -0.2) is 60.6 Å². The van der Waals surface area contributed by atoms with Gasteiger partial charge in [-0.25, -0.2) is 0 Å². The minimum Gasteiger partial charge on any atom is -0.480 e. The number of carboxylic acid groups (broad SMARTS) is 1. The summed E-state index contributed by atoms with van der Waals surface area (Å²) in [4.78, 5) is 15.5. The van der Waals surface area contributed by atoms with Crippen molar-refractivity contribution in [2.75, 3.05) is 33.7 Å². The molecule has 0 fully saturated rings. The molecule has 0 aromatic carbocycles. The van der Waals surface area contributed by atoms with Crippen LogP contribution in [0.3, 0.4) is 0 Å². The van der Waals surface area contributed by atoms with Gasteiger partial charge in [0.15, 0.2) is 0 Å². The van der Waals surface area contributed by atoms with Crippen LogP contribution in [-0.2, 0) is 4.79 Å². The Morgan fingerprint density at radius 2 is 1.82 bits per heavy atom. The molecule has 0 aromatic heterocycles. The van der Waals surface area contributed by atoms with E-state index in [4.69, 9.17) is 0 Å². The van der Waals surface area contributed by atoms with E-state index in [0.29, 0.717) is 5.92 Å². The maximum absolute atomic E-state index is 11.3. The molecule has 102 valence electrons. The normalized spacial score (nSPS) is 13.6. The summed E-state index contributed by atoms with van der Waals surface area (Å²) in [6.45, 7) is 8.88. The average Bonchev–Trinajstić information content (AvgIpc) is 2.20. The van der Waals surface area contributed by atoms with Gasteiger partial charge in [-0.1, -0.05) is 27.2 Å². The summed E-state index contributed by atoms with van der Waals surface area (Å²) in [5.41, 5.74) is 0. The number of rotatable bonds is 9. The summed E-state index contributed by atoms with van der Waals surface area (Å²) in [6.07, 6.45) is 1.64. The third-order valence-electron chi connectivity index (χ3n) is 2.72. The van der Waals surface area contributed by atoms with Crippen LogP contribution in [0.25, 0.3) is 0 Å². The summed E-state index contributed by atoms with van der Waals surface area (Å²) in [6, 6.07) is -0.331. The van der Waals surface area contributed by atoms with Crippen LogP contribution in [0, 0.1) is 5.92 Å². The fourth-order valence-electron chi connectivity index (χ4n) is 1.91. The van der Waals surface area contributed by atoms with Crippen molar-refractivity contribution in [1.82, 2.24) is 9.80 Å². The van der Waals surface area contributed by atoms with Gasteiger partial charge in [-0.15, -0.1) is 0 Å². The molecule has 0 amide bonds. The van der Waals surface area contributed by atoms with Gasteiger partial charge in [-0.05, 0) is 26.4 Å². The molecule has 0 bridgehead atoms. The lowest BCUT2D eigenvalue weighted by atomic mass is 10.1. The maximum atomic E-state index is 11.3. The average molecular weight is 244 g/mol. The fraction of sp³-hybridized carbons (Fsp3) is 0.923. The quantitative estimate of drug-likeness (QED) is 0.671. The maximum Gasteiger partial charge on any atom is 0.320 e. The molecular formula is C13H28N2O2. The van der Waals surface area contributed by atoms with Gasteiger partial charge in [0.1, 0.15) is 6.04 Å². The molecule has 1 N–H and O–H groups in total. The minimum absolute atomic E-state index is 0.331. The Kier molecular flexibility index (Phi) is 8.17. The Labute approximate surface area is 106 Å². The number of carboxylic acids is 1. The Balaban J connectivity index is 4.54. The zero-order chi connectivity index (χ0) is 13.4. The monoisotopic (exact) mass is 244 g/mol. The highest BCUT2D eigenvalue weighted by Gasteiger charge is 2.24. The zero-order valence-electron chi connectivity index (χ0n) is 11.9. The van der Waals surface area contributed by atoms with E-state index < -0.39 is 5.97 Å². The highest BCUT2D eigenvalue weighted by Crippen LogP contribution is 2.10. The second-order valence-electron chi connectivity index (χ2n) is 5.33. The van der Waals surface area contributed by atoms with Gasteiger partial charge in [0.2, 0.25) is 0 Å². The first-order chi connectivity index (χ1) is 7.88. The standard InChI is InChI=1S/C13H28N2O2/c1-6-7-12(13(16)17)15(10-11(2)3)9-8-14(4)5/h11-12H,6-10H2,1-5H3,(H,16,17). The Morgan fingerprint density at radius 3 is 2.18 bits per heavy atom. The Bertz CT molecular complexity index is 217. The second-order valence-corrected chi connectivity index (χ2v) is 5.33. The molecule has 0 radical (unpaired) electrons. The SMILES string of the molecule is CCCC(C(=O)O)N(CCN(C)C)CC(C)C. The zero-order valence-corrected chi connectivity index (χ0v) is 11.9. The first-order valence-electron chi connectivity index (χ1n) is 6.50. The third kappa shape index (κ3) is 7.34. The lowest BCUT2D eigenvalue weighted by Crippen LogP contribution is -2.45. The molecule has 0 aliphatic heterocycles. The van der Waals surface area contributed by atoms with Crippen molar-refractivity contribution in [2.24, 2.45) is 5.92 Å². The molecular weight excluding hydrogens is 216 g/mol. The van der Waals surface area contributed by atoms with Crippen molar-refractivity contribution in [3.63, 3.8) is 0 Å². The van der Waals surface area contributed by atoms with Crippen LogP contribution in [0.4, 0.5) is 0 Å². The van der Waals surface area contributed by atoms with E-state index in [2.05, 4.69) is 23.6 Å². The van der Waals surface area contributed by atoms with Crippen molar-refractivity contribution >= 4 is 5.97 Å². The molecule has 0 rings (SSSR count). The molecule has 0 aliphatic carbocycles. The number of aliphatic carboxylic acids is 1. The van der Waals surface area contributed by atoms with E-state index in [0.717, 1.165) is 32.5 Å². The summed E-state index contributed by atoms with van der Waals surface area (Å²) >= 11 is 0. The number of likely N-dealkylation sites (N-methyl/N-ethyl adjacent to an activating group) is 1. The highest BCUT2D eigenvalue weighted by molar-refractivity contribution is 5.73. The van der Waals surface area contributed by atoms with Gasteiger partial charge in [-0.3, -0.25) is 9.69 Å². The molecule has 17 heavy (non-hydrogen) atoms. The molecule has 1 atom stereocenters. The van der Waals surface area contributed by atoms with Crippen molar-refractivity contribution in [1.29, 1.82) is 0 Å². The number of hydrogen-bond acceptors (Lipinski definition) is 3. The summed E-state index contributed by atoms with van der Waals surface area (Å²) < 4.78 is 0. The molecule has 0 saturated carbocycles. The van der Waals surface area contributed by atoms with Crippen molar-refractivity contribution in [3.05, 3.63) is 0 Å². The van der Waals surface area contributed by atoms with Crippen LogP contribution >= 0.6 is 0 Å². The van der Waals surface area contributed by atoms with Crippen molar-refractivity contribution in [3.8, 4) is 0 Å². The highest BCUT2D eigenvalue weighted by atomic mass is 16.4. The molecule has 4 nitrogen and oxygen atoms in total. The van der Waals surface area contributed by atoms with Crippen LogP contribution in [0.2, 0.25) is 0 Å². The first-order valence-corrected chi connectivity index (χ1v) is 6.50. The third-order valence-corrected chi connectivity index (χ3v) is 2.72. The van der Waals surface area contributed by atoms with Crippen molar-refractivity contribution in [2.45, 2.75) is 39.7 Å². The van der Waals surface area contributed by atoms with E-state index in [1.54, 1.807) is 0 Å². The molecule has 0 aliphatic rings. The van der Waals surface area contributed by atoms with Gasteiger partial charge in [0.25, 0.3) is 0 Å². The largest absolute Gasteiger partial charge is 0.480 e. The first kappa shape index (κ1) is 16.4. The molecule has 0 heterocycles. The molecule has 0 spiro atoms. The van der Waals surface area contributed by atoms with Crippen LogP contribution in [0.15, 0.2) is 0 Å². The van der Waals surface area contributed by atoms with E-state index in [1.165, 1.54) is 0 Å². The van der Waals surface area contributed by atoms with Crippen LogP contribution in [0.1, 0.15) is 33.6 Å². The van der Waals surface area contributed by atoms with Gasteiger partial charge in [-0.2, -0.15) is 0 Å². The molecule has 0 saturated heterocycles. The fourth-order valence-corrected chi connectivity index (χ4v) is 1.91. The second kappa shape index (κ2) is 8.48. The summed E-state index contributed by atoms with van der Waals surface area (Å²) in [7, 11) is 4.03. The Morgan fingerprint density at radius 1 is 1.24 bits per heavy atom. The van der Waals surface area contributed by atoms with E-state index >= 15 is 0 Å². The lowest BCUT2D eigenvalue weighted by Gasteiger charge is -2.31. The van der Waals surface area contributed by atoms with Gasteiger partial charge >= 0.3 is 5.97 Å². The predicted octanol–water partition coefficient (Wildman–Crippen LogP) is 1.76. The topological polar surface area (TPSA) is 43.8 Å². The van der Waals surface area contributed by atoms with Gasteiger partial charge in [0, 0.05) is 19.6 Å². The van der Waals surface area contributed by atoms with Crippen LogP contribution < -0.4 is 0 Å². The van der Waals surface area contributed by atoms with Crippen LogP contribution in [0.5, 0.6) is 0 Å². The minimum atomic E-state index is -0.689. The molecule has 4 heteroatoms. The van der Waals surface area contributed by atoms with Crippen molar-refractivity contribution < 1.29 is 9.90 Å². The number of carbonyl (C=O) groups is 1. The lowest BCUT2D eigenvalue weighted by molar-refractivity contribution is -0.143. The van der Waals surface area contributed by atoms with E-state index in [1.807, 2.05) is 21.0 Å². The van der Waals surface area contributed by atoms with Gasteiger partial charge < -0.3 is 10.0 Å². The smallest absolute Gasteiger partial charge is 0.320 e. The molecule has 1 unspecified atom stereocenters. The molecule has 0 aromatic rings. The Hall–Kier alpha value is -0.610. The number of nitrogens with zero attached hydrogens (tertiary/aromatic N) is 2. The summed E-state index contributed by atoms with van der Waals surface area (Å²) in [5.74, 6) is -0.192. The number of hydrogen-bond donors (Lipinski definition) is 1. The van der Waals surface area contributed by atoms with E-state index in [-0.39, 0.29) is 6.04 Å². The van der Waals surface area contributed by atoms with E-state index in [9.17, 15) is 9.90 Å². The predicted molar refractivity (Wildman–Crippen MR) is 71.3 cm³/mol. The van der Waals surface area contributed by atoms with Gasteiger partial charge in [0.05, 0.1) is 0 Å². The summed E-state index contributed by atoms with van der Waals surface area (Å²) in [5, 5.41) is 9.30.